The summed E-state index contributed by atoms with van der Waals surface area (Å²) in [7, 11) is 0. The van der Waals surface area contributed by atoms with Crippen LogP contribution in [0.2, 0.25) is 0 Å². The van der Waals surface area contributed by atoms with Gasteiger partial charge in [-0.3, -0.25) is 9.59 Å². The van der Waals surface area contributed by atoms with Crippen LogP contribution in [0.1, 0.15) is 24.0 Å². The van der Waals surface area contributed by atoms with Gasteiger partial charge in [-0.05, 0) is 28.8 Å². The van der Waals surface area contributed by atoms with Crippen LogP contribution in [0.25, 0.3) is 11.1 Å². The van der Waals surface area contributed by atoms with Crippen molar-refractivity contribution in [3.8, 4) is 11.1 Å². The zero-order valence-corrected chi connectivity index (χ0v) is 18.0. The second-order valence-corrected chi connectivity index (χ2v) is 8.01. The van der Waals surface area contributed by atoms with Crippen molar-refractivity contribution in [1.29, 1.82) is 0 Å². The first kappa shape index (κ1) is 25.0. The molecule has 1 saturated heterocycles. The van der Waals surface area contributed by atoms with E-state index in [1.807, 2.05) is 0 Å². The van der Waals surface area contributed by atoms with Gasteiger partial charge in [-0.25, -0.2) is 0 Å². The van der Waals surface area contributed by atoms with Gasteiger partial charge in [0.15, 0.2) is 0 Å². The van der Waals surface area contributed by atoms with Gasteiger partial charge in [0.2, 0.25) is 11.8 Å². The first-order valence-corrected chi connectivity index (χ1v) is 10.4. The first-order valence-electron chi connectivity index (χ1n) is 10.4. The van der Waals surface area contributed by atoms with Crippen molar-refractivity contribution >= 4 is 17.9 Å². The van der Waals surface area contributed by atoms with Crippen molar-refractivity contribution in [2.75, 3.05) is 13.2 Å². The average Bonchev–Trinajstić information content (AvgIpc) is 2.78. The lowest BCUT2D eigenvalue weighted by Gasteiger charge is -2.38. The van der Waals surface area contributed by atoms with Gasteiger partial charge in [0, 0.05) is 32.5 Å². The SMILES string of the molecule is NC(=O)C(Cc1ccc(-c2ccc(C(F)(F)F)cc2)cc1)NC(=O)C1(NC(=O)[O-])CCOCC1. The fourth-order valence-electron chi connectivity index (χ4n) is 3.76. The highest BCUT2D eigenvalue weighted by Crippen LogP contribution is 2.31. The summed E-state index contributed by atoms with van der Waals surface area (Å²) in [6.45, 7) is 0.306. The monoisotopic (exact) mass is 478 g/mol. The van der Waals surface area contributed by atoms with Gasteiger partial charge in [-0.1, -0.05) is 36.4 Å². The number of carboxylic acid groups (broad SMARTS) is 1. The van der Waals surface area contributed by atoms with Crippen LogP contribution >= 0.6 is 0 Å². The van der Waals surface area contributed by atoms with Crippen LogP contribution in [0.5, 0.6) is 0 Å². The molecular formula is C23H23F3N3O5-. The molecule has 0 spiro atoms. The minimum Gasteiger partial charge on any atom is -0.530 e. The van der Waals surface area contributed by atoms with Gasteiger partial charge in [0.25, 0.3) is 0 Å². The quantitative estimate of drug-likeness (QED) is 0.553. The smallest absolute Gasteiger partial charge is 0.416 e. The largest absolute Gasteiger partial charge is 0.530 e. The molecule has 1 aliphatic rings. The van der Waals surface area contributed by atoms with Crippen LogP contribution < -0.4 is 21.5 Å². The number of amides is 3. The van der Waals surface area contributed by atoms with Crippen molar-refractivity contribution in [1.82, 2.24) is 10.6 Å². The minimum absolute atomic E-state index is 0.0340. The second kappa shape index (κ2) is 10.1. The van der Waals surface area contributed by atoms with E-state index in [-0.39, 0.29) is 32.5 Å². The van der Waals surface area contributed by atoms with Gasteiger partial charge in [-0.15, -0.1) is 0 Å². The van der Waals surface area contributed by atoms with E-state index in [1.54, 1.807) is 24.3 Å². The van der Waals surface area contributed by atoms with Crippen LogP contribution in [-0.4, -0.2) is 42.7 Å². The molecule has 0 radical (unpaired) electrons. The van der Waals surface area contributed by atoms with Gasteiger partial charge >= 0.3 is 6.18 Å². The van der Waals surface area contributed by atoms with Crippen molar-refractivity contribution < 1.29 is 37.4 Å². The Labute approximate surface area is 193 Å². The zero-order valence-electron chi connectivity index (χ0n) is 18.0. The number of hydrogen-bond acceptors (Lipinski definition) is 5. The predicted molar refractivity (Wildman–Crippen MR) is 113 cm³/mol. The van der Waals surface area contributed by atoms with E-state index in [1.165, 1.54) is 12.1 Å². The molecule has 0 bridgehead atoms. The maximum atomic E-state index is 12.9. The Bertz CT molecular complexity index is 1030. The summed E-state index contributed by atoms with van der Waals surface area (Å²) in [5.74, 6) is -1.51. The average molecular weight is 478 g/mol. The summed E-state index contributed by atoms with van der Waals surface area (Å²) in [5.41, 5.74) is 5.10. The summed E-state index contributed by atoms with van der Waals surface area (Å²) in [5, 5.41) is 15.8. The number of ether oxygens (including phenoxy) is 1. The molecule has 1 fully saturated rings. The maximum Gasteiger partial charge on any atom is 0.416 e. The highest BCUT2D eigenvalue weighted by molar-refractivity contribution is 5.93. The molecule has 4 N–H and O–H groups in total. The van der Waals surface area contributed by atoms with Crippen molar-refractivity contribution in [2.45, 2.75) is 37.0 Å². The Morgan fingerprint density at radius 1 is 1.00 bits per heavy atom. The number of rotatable bonds is 7. The Kier molecular flexibility index (Phi) is 7.45. The summed E-state index contributed by atoms with van der Waals surface area (Å²) in [4.78, 5) is 36.0. The lowest BCUT2D eigenvalue weighted by atomic mass is 9.88. The molecule has 8 nitrogen and oxygen atoms in total. The van der Waals surface area contributed by atoms with E-state index in [2.05, 4.69) is 10.6 Å². The standard InChI is InChI=1S/C23H24F3N3O5/c24-23(25,26)17-7-5-16(6-8-17)15-3-1-14(2-4-15)13-18(19(27)30)28-20(31)22(29-21(32)33)9-11-34-12-10-22/h1-8,18,29H,9-13H2,(H2,27,30)(H,28,31)(H,32,33)/p-1. The fraction of sp³-hybridized carbons (Fsp3) is 0.348. The van der Waals surface area contributed by atoms with E-state index >= 15 is 0 Å². The van der Waals surface area contributed by atoms with E-state index < -0.39 is 41.2 Å². The molecule has 1 unspecified atom stereocenters. The number of halogens is 3. The minimum atomic E-state index is -4.42. The highest BCUT2D eigenvalue weighted by atomic mass is 19.4. The number of nitrogens with one attached hydrogen (secondary N) is 2. The second-order valence-electron chi connectivity index (χ2n) is 8.01. The number of primary amides is 1. The Morgan fingerprint density at radius 2 is 1.53 bits per heavy atom. The number of hydrogen-bond donors (Lipinski definition) is 3. The summed E-state index contributed by atoms with van der Waals surface area (Å²) >= 11 is 0. The number of carbonyl (C=O) groups is 3. The molecule has 3 amide bonds. The highest BCUT2D eigenvalue weighted by Gasteiger charge is 2.41. The lowest BCUT2D eigenvalue weighted by Crippen LogP contribution is -2.65. The molecule has 0 saturated carbocycles. The van der Waals surface area contributed by atoms with Crippen LogP contribution in [-0.2, 0) is 26.9 Å². The molecular weight excluding hydrogens is 455 g/mol. The lowest BCUT2D eigenvalue weighted by molar-refractivity contribution is -0.253. The normalized spacial score (nSPS) is 16.3. The van der Waals surface area contributed by atoms with Gasteiger partial charge in [-0.2, -0.15) is 13.2 Å². The van der Waals surface area contributed by atoms with Crippen LogP contribution in [0.4, 0.5) is 18.0 Å². The van der Waals surface area contributed by atoms with Gasteiger partial charge in [0.1, 0.15) is 17.7 Å². The molecule has 3 rings (SSSR count). The molecule has 34 heavy (non-hydrogen) atoms. The van der Waals surface area contributed by atoms with Crippen molar-refractivity contribution in [3.05, 3.63) is 59.7 Å². The van der Waals surface area contributed by atoms with Crippen LogP contribution in [0.15, 0.2) is 48.5 Å². The topological polar surface area (TPSA) is 134 Å². The molecule has 1 atom stereocenters. The number of alkyl halides is 3. The summed E-state index contributed by atoms with van der Waals surface area (Å²) in [6, 6.07) is 10.3. The molecule has 1 aliphatic heterocycles. The van der Waals surface area contributed by atoms with Crippen LogP contribution in [0.3, 0.4) is 0 Å². The number of nitrogens with two attached hydrogens (primary N) is 1. The molecule has 182 valence electrons. The van der Waals surface area contributed by atoms with E-state index in [9.17, 15) is 32.7 Å². The van der Waals surface area contributed by atoms with Crippen molar-refractivity contribution in [2.24, 2.45) is 5.73 Å². The molecule has 1 heterocycles. The molecule has 2 aromatic carbocycles. The number of carbonyl (C=O) groups excluding carboxylic acids is 3. The first-order chi connectivity index (χ1) is 16.0. The van der Waals surface area contributed by atoms with Crippen molar-refractivity contribution in [3.63, 3.8) is 0 Å². The Balaban J connectivity index is 1.71. The van der Waals surface area contributed by atoms with E-state index in [0.717, 1.165) is 12.1 Å². The Morgan fingerprint density at radius 3 is 2.00 bits per heavy atom. The van der Waals surface area contributed by atoms with E-state index in [4.69, 9.17) is 10.5 Å². The fourth-order valence-corrected chi connectivity index (χ4v) is 3.76. The van der Waals surface area contributed by atoms with Crippen LogP contribution in [0, 0.1) is 0 Å². The number of benzene rings is 2. The molecule has 11 heteroatoms. The zero-order chi connectivity index (χ0) is 24.9. The Hall–Kier alpha value is -3.60. The third-order valence-corrected chi connectivity index (χ3v) is 5.71. The summed E-state index contributed by atoms with van der Waals surface area (Å²) < 4.78 is 43.4. The van der Waals surface area contributed by atoms with Gasteiger partial charge in [0.05, 0.1) is 5.56 Å². The maximum absolute atomic E-state index is 12.9. The third kappa shape index (κ3) is 6.04. The summed E-state index contributed by atoms with van der Waals surface area (Å²) in [6.07, 6.45) is -5.87. The van der Waals surface area contributed by atoms with Gasteiger partial charge < -0.3 is 31.0 Å². The third-order valence-electron chi connectivity index (χ3n) is 5.71. The molecule has 0 aliphatic carbocycles. The van der Waals surface area contributed by atoms with E-state index in [0.29, 0.717) is 16.7 Å². The predicted octanol–water partition coefficient (Wildman–Crippen LogP) is 1.37. The molecule has 0 aromatic heterocycles. The molecule has 2 aromatic rings.